The van der Waals surface area contributed by atoms with Crippen LogP contribution in [0.3, 0.4) is 0 Å². The fourth-order valence-corrected chi connectivity index (χ4v) is 2.97. The van der Waals surface area contributed by atoms with Gasteiger partial charge < -0.3 is 9.31 Å². The molecule has 0 spiro atoms. The number of halogens is 1. The van der Waals surface area contributed by atoms with Crippen molar-refractivity contribution in [3.05, 3.63) is 47.2 Å². The molecule has 2 heterocycles. The molecule has 1 fully saturated rings. The Morgan fingerprint density at radius 1 is 1.17 bits per heavy atom. The first-order chi connectivity index (χ1) is 10.8. The van der Waals surface area contributed by atoms with E-state index in [2.05, 4.69) is 38.7 Å². The molecule has 0 unspecified atom stereocenters. The minimum Gasteiger partial charge on any atom is -0.400 e. The first-order valence-corrected chi connectivity index (χ1v) is 8.28. The molecule has 3 nitrogen and oxygen atoms in total. The Morgan fingerprint density at radius 3 is 2.43 bits per heavy atom. The van der Waals surface area contributed by atoms with E-state index in [1.807, 2.05) is 6.07 Å². The zero-order valence-corrected chi connectivity index (χ0v) is 14.4. The molecule has 0 radical (unpaired) electrons. The summed E-state index contributed by atoms with van der Waals surface area (Å²) in [6, 6.07) is 6.82. The zero-order valence-electron chi connectivity index (χ0n) is 14.4. The highest BCUT2D eigenvalue weighted by Gasteiger charge is 2.52. The van der Waals surface area contributed by atoms with Gasteiger partial charge in [-0.2, -0.15) is 0 Å². The van der Waals surface area contributed by atoms with Crippen LogP contribution >= 0.6 is 0 Å². The molecule has 2 aliphatic heterocycles. The monoisotopic (exact) mass is 317 g/mol. The molecular formula is C18H25BFNO2. The number of rotatable bonds is 3. The van der Waals surface area contributed by atoms with Crippen molar-refractivity contribution in [3.63, 3.8) is 0 Å². The molecule has 2 aliphatic rings. The minimum atomic E-state index is -0.294. The van der Waals surface area contributed by atoms with Gasteiger partial charge in [0.05, 0.1) is 11.2 Å². The predicted octanol–water partition coefficient (Wildman–Crippen LogP) is 3.59. The Balaban J connectivity index is 1.61. The fraction of sp³-hybridized carbons (Fsp3) is 0.556. The third-order valence-electron chi connectivity index (χ3n) is 5.18. The average Bonchev–Trinajstić information content (AvgIpc) is 2.68. The largest absolute Gasteiger partial charge is 0.490 e. The lowest BCUT2D eigenvalue weighted by molar-refractivity contribution is 0.00578. The van der Waals surface area contributed by atoms with Gasteiger partial charge in [-0.1, -0.05) is 18.2 Å². The standard InChI is InChI=1S/C18H25BFNO2/c1-17(2)18(3,4)23-19(22-17)15-8-10-21(11-9-15)13-14-6-5-7-16(20)12-14/h5-8,12H,9-11,13H2,1-4H3. The van der Waals surface area contributed by atoms with Gasteiger partial charge in [0.15, 0.2) is 0 Å². The molecule has 23 heavy (non-hydrogen) atoms. The Kier molecular flexibility index (Phi) is 4.38. The molecule has 1 aromatic rings. The third kappa shape index (κ3) is 3.52. The van der Waals surface area contributed by atoms with Crippen LogP contribution in [0.4, 0.5) is 4.39 Å². The van der Waals surface area contributed by atoms with Crippen molar-refractivity contribution in [3.8, 4) is 0 Å². The minimum absolute atomic E-state index is 0.173. The van der Waals surface area contributed by atoms with E-state index < -0.39 is 0 Å². The van der Waals surface area contributed by atoms with E-state index in [1.54, 1.807) is 12.1 Å². The van der Waals surface area contributed by atoms with E-state index in [4.69, 9.17) is 9.31 Å². The summed E-state index contributed by atoms with van der Waals surface area (Å²) in [6.07, 6.45) is 3.12. The summed E-state index contributed by atoms with van der Waals surface area (Å²) in [4.78, 5) is 2.31. The predicted molar refractivity (Wildman–Crippen MR) is 90.5 cm³/mol. The summed E-state index contributed by atoms with van der Waals surface area (Å²) in [6.45, 7) is 10.9. The first-order valence-electron chi connectivity index (χ1n) is 8.28. The van der Waals surface area contributed by atoms with Crippen LogP contribution in [0.1, 0.15) is 39.7 Å². The second-order valence-corrected chi connectivity index (χ2v) is 7.48. The topological polar surface area (TPSA) is 21.7 Å². The Bertz CT molecular complexity index is 599. The summed E-state index contributed by atoms with van der Waals surface area (Å²) in [5, 5.41) is 0. The maximum absolute atomic E-state index is 13.3. The number of hydrogen-bond acceptors (Lipinski definition) is 3. The van der Waals surface area contributed by atoms with Crippen molar-refractivity contribution in [2.75, 3.05) is 13.1 Å². The molecule has 1 saturated heterocycles. The molecular weight excluding hydrogens is 292 g/mol. The van der Waals surface area contributed by atoms with Gasteiger partial charge in [-0.3, -0.25) is 4.90 Å². The molecule has 1 aromatic carbocycles. The molecule has 0 bridgehead atoms. The lowest BCUT2D eigenvalue weighted by Crippen LogP contribution is -2.41. The van der Waals surface area contributed by atoms with E-state index in [0.717, 1.165) is 31.6 Å². The van der Waals surface area contributed by atoms with E-state index in [0.29, 0.717) is 0 Å². The van der Waals surface area contributed by atoms with Crippen LogP contribution in [0, 0.1) is 5.82 Å². The zero-order chi connectivity index (χ0) is 16.7. The van der Waals surface area contributed by atoms with Gasteiger partial charge in [-0.25, -0.2) is 4.39 Å². The Morgan fingerprint density at radius 2 is 1.87 bits per heavy atom. The van der Waals surface area contributed by atoms with Gasteiger partial charge in [0.25, 0.3) is 0 Å². The fourth-order valence-electron chi connectivity index (χ4n) is 2.97. The molecule has 0 aromatic heterocycles. The van der Waals surface area contributed by atoms with E-state index in [9.17, 15) is 4.39 Å². The van der Waals surface area contributed by atoms with Gasteiger partial charge >= 0.3 is 7.12 Å². The second kappa shape index (κ2) is 6.04. The quantitative estimate of drug-likeness (QED) is 0.795. The molecule has 0 saturated carbocycles. The summed E-state index contributed by atoms with van der Waals surface area (Å²) >= 11 is 0. The van der Waals surface area contributed by atoms with Crippen molar-refractivity contribution in [1.82, 2.24) is 4.90 Å². The van der Waals surface area contributed by atoms with Crippen LogP contribution < -0.4 is 0 Å². The third-order valence-corrected chi connectivity index (χ3v) is 5.18. The normalized spacial score (nSPS) is 23.9. The lowest BCUT2D eigenvalue weighted by atomic mass is 9.74. The molecule has 3 rings (SSSR count). The number of hydrogen-bond donors (Lipinski definition) is 0. The second-order valence-electron chi connectivity index (χ2n) is 7.48. The van der Waals surface area contributed by atoms with Gasteiger partial charge in [-0.05, 0) is 57.3 Å². The van der Waals surface area contributed by atoms with Crippen LogP contribution in [0.5, 0.6) is 0 Å². The van der Waals surface area contributed by atoms with E-state index in [1.165, 1.54) is 11.5 Å². The summed E-state index contributed by atoms with van der Waals surface area (Å²) in [5.74, 6) is -0.173. The summed E-state index contributed by atoms with van der Waals surface area (Å²) < 4.78 is 25.5. The van der Waals surface area contributed by atoms with Gasteiger partial charge in [0.2, 0.25) is 0 Å². The SMILES string of the molecule is CC1(C)OB(C2=CCN(Cc3cccc(F)c3)CC2)OC1(C)C. The van der Waals surface area contributed by atoms with Crippen molar-refractivity contribution >= 4 is 7.12 Å². The summed E-state index contributed by atoms with van der Waals surface area (Å²) in [7, 11) is -0.240. The molecule has 0 aliphatic carbocycles. The average molecular weight is 317 g/mol. The first kappa shape index (κ1) is 16.7. The molecule has 124 valence electrons. The maximum Gasteiger partial charge on any atom is 0.490 e. The van der Waals surface area contributed by atoms with Gasteiger partial charge in [-0.15, -0.1) is 0 Å². The van der Waals surface area contributed by atoms with Crippen molar-refractivity contribution in [1.29, 1.82) is 0 Å². The van der Waals surface area contributed by atoms with Crippen molar-refractivity contribution in [2.24, 2.45) is 0 Å². The van der Waals surface area contributed by atoms with Crippen LogP contribution in [0.2, 0.25) is 0 Å². The van der Waals surface area contributed by atoms with Gasteiger partial charge in [0.1, 0.15) is 5.82 Å². The van der Waals surface area contributed by atoms with E-state index in [-0.39, 0.29) is 24.1 Å². The highest BCUT2D eigenvalue weighted by Crippen LogP contribution is 2.39. The Hall–Kier alpha value is -1.17. The highest BCUT2D eigenvalue weighted by atomic mass is 19.1. The van der Waals surface area contributed by atoms with Crippen LogP contribution in [-0.4, -0.2) is 36.3 Å². The summed E-state index contributed by atoms with van der Waals surface area (Å²) in [5.41, 5.74) is 1.64. The van der Waals surface area contributed by atoms with Crippen LogP contribution in [0.15, 0.2) is 35.8 Å². The molecule has 0 atom stereocenters. The molecule has 0 N–H and O–H groups in total. The highest BCUT2D eigenvalue weighted by molar-refractivity contribution is 6.54. The lowest BCUT2D eigenvalue weighted by Gasteiger charge is -2.32. The number of benzene rings is 1. The Labute approximate surface area is 138 Å². The van der Waals surface area contributed by atoms with Crippen molar-refractivity contribution in [2.45, 2.75) is 51.9 Å². The van der Waals surface area contributed by atoms with Gasteiger partial charge in [0, 0.05) is 19.6 Å². The van der Waals surface area contributed by atoms with E-state index >= 15 is 0 Å². The molecule has 5 heteroatoms. The van der Waals surface area contributed by atoms with Crippen LogP contribution in [0.25, 0.3) is 0 Å². The molecule has 0 amide bonds. The van der Waals surface area contributed by atoms with Crippen molar-refractivity contribution < 1.29 is 13.7 Å². The number of nitrogens with zero attached hydrogens (tertiary/aromatic N) is 1. The maximum atomic E-state index is 13.3. The smallest absolute Gasteiger partial charge is 0.400 e. The van der Waals surface area contributed by atoms with Crippen LogP contribution in [-0.2, 0) is 15.9 Å².